The van der Waals surface area contributed by atoms with E-state index in [4.69, 9.17) is 4.74 Å². The van der Waals surface area contributed by atoms with E-state index in [9.17, 15) is 17.6 Å². The van der Waals surface area contributed by atoms with Crippen LogP contribution in [0.2, 0.25) is 0 Å². The van der Waals surface area contributed by atoms with E-state index < -0.39 is 23.8 Å². The Labute approximate surface area is 155 Å². The fraction of sp³-hybridized carbons (Fsp3) is 0.182. The van der Waals surface area contributed by atoms with Gasteiger partial charge in [-0.2, -0.15) is 13.2 Å². The summed E-state index contributed by atoms with van der Waals surface area (Å²) in [7, 11) is 1.50. The van der Waals surface area contributed by atoms with Crippen LogP contribution in [0.5, 0.6) is 5.75 Å². The van der Waals surface area contributed by atoms with Crippen molar-refractivity contribution in [1.82, 2.24) is 0 Å². The average Bonchev–Trinajstić information content (AvgIpc) is 2.67. The molecule has 0 bridgehead atoms. The van der Waals surface area contributed by atoms with Gasteiger partial charge in [0, 0.05) is 5.92 Å². The SMILES string of the molecule is COc1ccc(C(c2ccccc2)C(c2ccc(F)cc2)C(F)(F)F)cc1. The Morgan fingerprint density at radius 2 is 1.22 bits per heavy atom. The summed E-state index contributed by atoms with van der Waals surface area (Å²) in [6, 6.07) is 19.6. The van der Waals surface area contributed by atoms with Crippen molar-refractivity contribution in [2.75, 3.05) is 7.11 Å². The second kappa shape index (κ2) is 7.82. The zero-order chi connectivity index (χ0) is 19.4. The van der Waals surface area contributed by atoms with Crippen molar-refractivity contribution < 1.29 is 22.3 Å². The topological polar surface area (TPSA) is 9.23 Å². The van der Waals surface area contributed by atoms with Crippen molar-refractivity contribution in [3.8, 4) is 5.75 Å². The zero-order valence-electron chi connectivity index (χ0n) is 14.6. The lowest BCUT2D eigenvalue weighted by Crippen LogP contribution is -2.28. The molecule has 27 heavy (non-hydrogen) atoms. The van der Waals surface area contributed by atoms with Crippen molar-refractivity contribution in [2.45, 2.75) is 18.0 Å². The van der Waals surface area contributed by atoms with E-state index in [1.807, 2.05) is 0 Å². The second-order valence-corrected chi connectivity index (χ2v) is 6.23. The van der Waals surface area contributed by atoms with Crippen molar-refractivity contribution >= 4 is 0 Å². The molecule has 0 saturated carbocycles. The van der Waals surface area contributed by atoms with Crippen molar-refractivity contribution in [1.29, 1.82) is 0 Å². The third kappa shape index (κ3) is 4.30. The van der Waals surface area contributed by atoms with Gasteiger partial charge in [-0.05, 0) is 41.0 Å². The normalized spacial score (nSPS) is 13.8. The highest BCUT2D eigenvalue weighted by Crippen LogP contribution is 2.48. The third-order valence-electron chi connectivity index (χ3n) is 4.55. The quantitative estimate of drug-likeness (QED) is 0.475. The third-order valence-corrected chi connectivity index (χ3v) is 4.55. The van der Waals surface area contributed by atoms with Crippen molar-refractivity contribution in [3.05, 3.63) is 101 Å². The van der Waals surface area contributed by atoms with Crippen LogP contribution in [0, 0.1) is 5.82 Å². The van der Waals surface area contributed by atoms with E-state index in [2.05, 4.69) is 0 Å². The molecule has 0 heterocycles. The van der Waals surface area contributed by atoms with Crippen LogP contribution in [0.1, 0.15) is 28.5 Å². The maximum absolute atomic E-state index is 14.2. The Morgan fingerprint density at radius 3 is 1.74 bits per heavy atom. The van der Waals surface area contributed by atoms with Crippen LogP contribution in [-0.4, -0.2) is 13.3 Å². The number of benzene rings is 3. The monoisotopic (exact) mass is 374 g/mol. The zero-order valence-corrected chi connectivity index (χ0v) is 14.6. The summed E-state index contributed by atoms with van der Waals surface area (Å²) in [6.07, 6.45) is -4.52. The van der Waals surface area contributed by atoms with Gasteiger partial charge in [-0.15, -0.1) is 0 Å². The molecule has 5 heteroatoms. The lowest BCUT2D eigenvalue weighted by molar-refractivity contribution is -0.153. The maximum Gasteiger partial charge on any atom is 0.396 e. The molecule has 0 N–H and O–H groups in total. The first kappa shape index (κ1) is 19.0. The predicted molar refractivity (Wildman–Crippen MR) is 96.5 cm³/mol. The minimum Gasteiger partial charge on any atom is -0.497 e. The Balaban J connectivity index is 2.17. The molecule has 1 nitrogen and oxygen atoms in total. The van der Waals surface area contributed by atoms with Crippen LogP contribution in [0.25, 0.3) is 0 Å². The Morgan fingerprint density at radius 1 is 0.704 bits per heavy atom. The second-order valence-electron chi connectivity index (χ2n) is 6.23. The molecule has 140 valence electrons. The number of halogens is 4. The highest BCUT2D eigenvalue weighted by molar-refractivity contribution is 5.41. The van der Waals surface area contributed by atoms with Crippen LogP contribution in [-0.2, 0) is 0 Å². The van der Waals surface area contributed by atoms with Crippen LogP contribution in [0.3, 0.4) is 0 Å². The molecule has 0 saturated heterocycles. The predicted octanol–water partition coefficient (Wildman–Crippen LogP) is 6.31. The van der Waals surface area contributed by atoms with Crippen LogP contribution < -0.4 is 4.74 Å². The standard InChI is InChI=1S/C22H18F4O/c1-27-19-13-9-16(10-14-19)20(15-5-3-2-4-6-15)21(22(24,25)26)17-7-11-18(23)12-8-17/h2-14,20-21H,1H3. The molecule has 0 aliphatic rings. The summed E-state index contributed by atoms with van der Waals surface area (Å²) in [5.74, 6) is -2.78. The van der Waals surface area contributed by atoms with Gasteiger partial charge in [0.2, 0.25) is 0 Å². The van der Waals surface area contributed by atoms with E-state index in [-0.39, 0.29) is 5.56 Å². The van der Waals surface area contributed by atoms with Gasteiger partial charge in [0.1, 0.15) is 11.6 Å². The van der Waals surface area contributed by atoms with E-state index in [1.165, 1.54) is 19.2 Å². The Kier molecular flexibility index (Phi) is 5.49. The van der Waals surface area contributed by atoms with Crippen LogP contribution in [0.15, 0.2) is 78.9 Å². The number of rotatable bonds is 5. The minimum atomic E-state index is -4.52. The summed E-state index contributed by atoms with van der Waals surface area (Å²) in [5, 5.41) is 0. The average molecular weight is 374 g/mol. The van der Waals surface area contributed by atoms with Gasteiger partial charge in [0.15, 0.2) is 0 Å². The lowest BCUT2D eigenvalue weighted by Gasteiger charge is -2.30. The molecule has 2 atom stereocenters. The first-order valence-corrected chi connectivity index (χ1v) is 8.41. The summed E-state index contributed by atoms with van der Waals surface area (Å²) < 4.78 is 60.9. The molecule has 3 aromatic rings. The van der Waals surface area contributed by atoms with Gasteiger partial charge in [0.25, 0.3) is 0 Å². The number of hydrogen-bond acceptors (Lipinski definition) is 1. The highest BCUT2D eigenvalue weighted by atomic mass is 19.4. The number of methoxy groups -OCH3 is 1. The van der Waals surface area contributed by atoms with Crippen molar-refractivity contribution in [3.63, 3.8) is 0 Å². The molecule has 0 fully saturated rings. The Bertz CT molecular complexity index is 856. The minimum absolute atomic E-state index is 0.0218. The van der Waals surface area contributed by atoms with E-state index >= 15 is 0 Å². The molecule has 3 aromatic carbocycles. The molecule has 0 amide bonds. The summed E-state index contributed by atoms with van der Waals surface area (Å²) in [4.78, 5) is 0. The smallest absolute Gasteiger partial charge is 0.396 e. The number of alkyl halides is 3. The largest absolute Gasteiger partial charge is 0.497 e. The van der Waals surface area contributed by atoms with Gasteiger partial charge >= 0.3 is 6.18 Å². The summed E-state index contributed by atoms with van der Waals surface area (Å²) in [5.41, 5.74) is 1.07. The van der Waals surface area contributed by atoms with Gasteiger partial charge < -0.3 is 4.74 Å². The molecule has 0 radical (unpaired) electrons. The van der Waals surface area contributed by atoms with Gasteiger partial charge in [-0.25, -0.2) is 4.39 Å². The van der Waals surface area contributed by atoms with E-state index in [1.54, 1.807) is 54.6 Å². The van der Waals surface area contributed by atoms with Gasteiger partial charge in [0.05, 0.1) is 13.0 Å². The molecule has 2 unspecified atom stereocenters. The highest BCUT2D eigenvalue weighted by Gasteiger charge is 2.46. The fourth-order valence-electron chi connectivity index (χ4n) is 3.29. The Hall–Kier alpha value is -2.82. The first-order valence-electron chi connectivity index (χ1n) is 8.41. The summed E-state index contributed by atoms with van der Waals surface area (Å²) in [6.45, 7) is 0. The first-order chi connectivity index (χ1) is 12.9. The molecular formula is C22H18F4O. The lowest BCUT2D eigenvalue weighted by atomic mass is 9.76. The molecule has 3 rings (SSSR count). The van der Waals surface area contributed by atoms with Gasteiger partial charge in [-0.1, -0.05) is 54.6 Å². The van der Waals surface area contributed by atoms with Gasteiger partial charge in [-0.3, -0.25) is 0 Å². The van der Waals surface area contributed by atoms with E-state index in [0.717, 1.165) is 12.1 Å². The molecule has 0 aliphatic carbocycles. The molecule has 0 aromatic heterocycles. The number of ether oxygens (including phenoxy) is 1. The van der Waals surface area contributed by atoms with Crippen molar-refractivity contribution in [2.24, 2.45) is 0 Å². The number of hydrogen-bond donors (Lipinski definition) is 0. The molecular weight excluding hydrogens is 356 g/mol. The molecule has 0 aliphatic heterocycles. The van der Waals surface area contributed by atoms with E-state index in [0.29, 0.717) is 16.9 Å². The van der Waals surface area contributed by atoms with Crippen LogP contribution in [0.4, 0.5) is 17.6 Å². The maximum atomic E-state index is 14.2. The fourth-order valence-corrected chi connectivity index (χ4v) is 3.29. The van der Waals surface area contributed by atoms with Crippen LogP contribution >= 0.6 is 0 Å². The molecule has 0 spiro atoms. The summed E-state index contributed by atoms with van der Waals surface area (Å²) >= 11 is 0.